The molecule has 164 valence electrons. The van der Waals surface area contributed by atoms with Crippen LogP contribution in [-0.4, -0.2) is 32.0 Å². The van der Waals surface area contributed by atoms with Gasteiger partial charge in [-0.1, -0.05) is 32.0 Å². The van der Waals surface area contributed by atoms with Crippen molar-refractivity contribution < 1.29 is 24.5 Å². The number of aromatic carboxylic acids is 1. The lowest BCUT2D eigenvalue weighted by molar-refractivity contribution is 0.0697. The average Bonchev–Trinajstić information content (AvgIpc) is 3.11. The van der Waals surface area contributed by atoms with Crippen LogP contribution in [0.5, 0.6) is 5.75 Å². The fourth-order valence-electron chi connectivity index (χ4n) is 4.05. The summed E-state index contributed by atoms with van der Waals surface area (Å²) in [5, 5.41) is 31.4. The van der Waals surface area contributed by atoms with Crippen LogP contribution >= 0.6 is 0 Å². The third-order valence-electron chi connectivity index (χ3n) is 6.13. The van der Waals surface area contributed by atoms with Gasteiger partial charge in [0, 0.05) is 27.7 Å². The molecule has 1 unspecified atom stereocenters. The van der Waals surface area contributed by atoms with Gasteiger partial charge in [-0.05, 0) is 61.0 Å². The Kier molecular flexibility index (Phi) is 5.26. The maximum atomic E-state index is 13.7. The zero-order valence-corrected chi connectivity index (χ0v) is 18.0. The van der Waals surface area contributed by atoms with Crippen molar-refractivity contribution in [1.29, 1.82) is 0 Å². The molecule has 1 atom stereocenters. The van der Waals surface area contributed by atoms with Crippen molar-refractivity contribution in [3.05, 3.63) is 83.8 Å². The Morgan fingerprint density at radius 2 is 1.62 bits per heavy atom. The first kappa shape index (κ1) is 21.6. The van der Waals surface area contributed by atoms with Gasteiger partial charge >= 0.3 is 5.97 Å². The zero-order chi connectivity index (χ0) is 23.2. The first-order chi connectivity index (χ1) is 15.1. The smallest absolute Gasteiger partial charge is 0.335 e. The predicted molar refractivity (Wildman–Crippen MR) is 122 cm³/mol. The molecular weight excluding hydrogens is 409 g/mol. The minimum absolute atomic E-state index is 0.0586. The molecule has 0 amide bonds. The first-order valence-electron chi connectivity index (χ1n) is 10.3. The van der Waals surface area contributed by atoms with Gasteiger partial charge < -0.3 is 19.9 Å². The molecule has 0 fully saturated rings. The Hall–Kier alpha value is -3.64. The largest absolute Gasteiger partial charge is 0.507 e. The number of aliphatic hydroxyl groups is 1. The van der Waals surface area contributed by atoms with E-state index in [1.165, 1.54) is 24.3 Å². The van der Waals surface area contributed by atoms with Crippen LogP contribution in [0.15, 0.2) is 66.7 Å². The number of aliphatic hydroxyl groups excluding tert-OH is 1. The molecule has 0 aliphatic carbocycles. The lowest BCUT2D eigenvalue weighted by Crippen LogP contribution is -2.33. The molecule has 0 aliphatic rings. The molecule has 0 saturated heterocycles. The summed E-state index contributed by atoms with van der Waals surface area (Å²) < 4.78 is 15.6. The molecule has 3 aromatic carbocycles. The van der Waals surface area contributed by atoms with E-state index in [1.54, 1.807) is 43.3 Å². The zero-order valence-electron chi connectivity index (χ0n) is 18.0. The number of nitrogens with zero attached hydrogens (tertiary/aromatic N) is 1. The SMILES string of the molecule is CC(O)C(C)(C)c1c(-c2ccc(C(=O)O)cc2)c2c(O)cccc2n1-c1ccc(F)cc1. The van der Waals surface area contributed by atoms with Crippen LogP contribution in [0.2, 0.25) is 0 Å². The Morgan fingerprint density at radius 3 is 2.19 bits per heavy atom. The monoisotopic (exact) mass is 433 g/mol. The lowest BCUT2D eigenvalue weighted by atomic mass is 9.80. The van der Waals surface area contributed by atoms with Crippen molar-refractivity contribution in [3.8, 4) is 22.6 Å². The average molecular weight is 433 g/mol. The van der Waals surface area contributed by atoms with Crippen molar-refractivity contribution in [3.63, 3.8) is 0 Å². The number of carboxylic acid groups (broad SMARTS) is 1. The quantitative estimate of drug-likeness (QED) is 0.388. The molecular formula is C26H24FNO4. The van der Waals surface area contributed by atoms with Gasteiger partial charge in [-0.2, -0.15) is 0 Å². The van der Waals surface area contributed by atoms with Crippen LogP contribution in [0.25, 0.3) is 27.7 Å². The van der Waals surface area contributed by atoms with Crippen molar-refractivity contribution in [2.75, 3.05) is 0 Å². The van der Waals surface area contributed by atoms with Gasteiger partial charge in [-0.15, -0.1) is 0 Å². The lowest BCUT2D eigenvalue weighted by Gasteiger charge is -2.31. The molecule has 6 heteroatoms. The number of halogens is 1. The van der Waals surface area contributed by atoms with Gasteiger partial charge in [0.2, 0.25) is 0 Å². The van der Waals surface area contributed by atoms with E-state index in [1.807, 2.05) is 24.5 Å². The maximum absolute atomic E-state index is 13.7. The van der Waals surface area contributed by atoms with Crippen LogP contribution in [0.1, 0.15) is 36.8 Å². The number of hydrogen-bond acceptors (Lipinski definition) is 3. The Balaban J connectivity index is 2.17. The van der Waals surface area contributed by atoms with E-state index in [0.29, 0.717) is 27.7 Å². The van der Waals surface area contributed by atoms with Gasteiger partial charge in [0.1, 0.15) is 11.6 Å². The summed E-state index contributed by atoms with van der Waals surface area (Å²) in [6.45, 7) is 5.50. The highest BCUT2D eigenvalue weighted by Gasteiger charge is 2.36. The minimum atomic E-state index is -1.03. The third kappa shape index (κ3) is 3.42. The number of hydrogen-bond donors (Lipinski definition) is 3. The summed E-state index contributed by atoms with van der Waals surface area (Å²) in [5.74, 6) is -1.34. The van der Waals surface area contributed by atoms with Gasteiger partial charge in [0.25, 0.3) is 0 Å². The van der Waals surface area contributed by atoms with Gasteiger partial charge in [0.05, 0.1) is 17.2 Å². The number of phenols is 1. The van der Waals surface area contributed by atoms with E-state index in [-0.39, 0.29) is 17.1 Å². The molecule has 4 aromatic rings. The second-order valence-electron chi connectivity index (χ2n) is 8.49. The fraction of sp³-hybridized carbons (Fsp3) is 0.192. The standard InChI is InChI=1S/C26H24FNO4/c1-15(29)26(2,3)24-22(16-7-9-17(10-8-16)25(31)32)23-20(5-4-6-21(23)30)28(24)19-13-11-18(27)12-14-19/h4-15,29-30H,1-3H3,(H,31,32). The molecule has 0 aliphatic heterocycles. The van der Waals surface area contributed by atoms with E-state index in [2.05, 4.69) is 0 Å². The Morgan fingerprint density at radius 1 is 1.00 bits per heavy atom. The van der Waals surface area contributed by atoms with E-state index >= 15 is 0 Å². The highest BCUT2D eigenvalue weighted by Crippen LogP contribution is 2.46. The van der Waals surface area contributed by atoms with E-state index in [4.69, 9.17) is 0 Å². The number of aromatic hydroxyl groups is 1. The van der Waals surface area contributed by atoms with Crippen molar-refractivity contribution in [1.82, 2.24) is 4.57 Å². The molecule has 1 heterocycles. The molecule has 0 saturated carbocycles. The normalized spacial score (nSPS) is 12.8. The number of benzene rings is 3. The second-order valence-corrected chi connectivity index (χ2v) is 8.49. The number of phenolic OH excluding ortho intramolecular Hbond substituents is 1. The van der Waals surface area contributed by atoms with Crippen LogP contribution in [0.3, 0.4) is 0 Å². The van der Waals surface area contributed by atoms with Gasteiger partial charge in [0.15, 0.2) is 0 Å². The molecule has 3 N–H and O–H groups in total. The minimum Gasteiger partial charge on any atom is -0.507 e. The summed E-state index contributed by atoms with van der Waals surface area (Å²) >= 11 is 0. The van der Waals surface area contributed by atoms with E-state index in [9.17, 15) is 24.5 Å². The van der Waals surface area contributed by atoms with Crippen LogP contribution in [0, 0.1) is 5.82 Å². The van der Waals surface area contributed by atoms with Crippen molar-refractivity contribution in [2.24, 2.45) is 0 Å². The molecule has 4 rings (SSSR count). The summed E-state index contributed by atoms with van der Waals surface area (Å²) in [7, 11) is 0. The van der Waals surface area contributed by atoms with Crippen molar-refractivity contribution >= 4 is 16.9 Å². The summed E-state index contributed by atoms with van der Waals surface area (Å²) in [6.07, 6.45) is -0.759. The molecule has 32 heavy (non-hydrogen) atoms. The highest BCUT2D eigenvalue weighted by atomic mass is 19.1. The summed E-state index contributed by atoms with van der Waals surface area (Å²) in [4.78, 5) is 11.3. The van der Waals surface area contributed by atoms with Crippen LogP contribution in [-0.2, 0) is 5.41 Å². The number of rotatable bonds is 5. The fourth-order valence-corrected chi connectivity index (χ4v) is 4.05. The maximum Gasteiger partial charge on any atom is 0.335 e. The molecule has 5 nitrogen and oxygen atoms in total. The Labute approximate surface area is 185 Å². The topological polar surface area (TPSA) is 82.7 Å². The summed E-state index contributed by atoms with van der Waals surface area (Å²) in [5.41, 5.74) is 2.85. The third-order valence-corrected chi connectivity index (χ3v) is 6.13. The number of carboxylic acids is 1. The molecule has 0 spiro atoms. The molecule has 0 bridgehead atoms. The first-order valence-corrected chi connectivity index (χ1v) is 10.3. The highest BCUT2D eigenvalue weighted by molar-refractivity contribution is 6.04. The van der Waals surface area contributed by atoms with Crippen LogP contribution in [0.4, 0.5) is 4.39 Å². The van der Waals surface area contributed by atoms with Crippen molar-refractivity contribution in [2.45, 2.75) is 32.3 Å². The number of fused-ring (bicyclic) bond motifs is 1. The second kappa shape index (κ2) is 7.80. The van der Waals surface area contributed by atoms with Gasteiger partial charge in [-0.3, -0.25) is 0 Å². The summed E-state index contributed by atoms with van der Waals surface area (Å²) in [6, 6.07) is 17.6. The number of aromatic nitrogens is 1. The Bertz CT molecular complexity index is 1300. The van der Waals surface area contributed by atoms with E-state index in [0.717, 1.165) is 5.69 Å². The van der Waals surface area contributed by atoms with E-state index < -0.39 is 17.5 Å². The number of carbonyl (C=O) groups is 1. The van der Waals surface area contributed by atoms with Crippen LogP contribution < -0.4 is 0 Å². The van der Waals surface area contributed by atoms with Gasteiger partial charge in [-0.25, -0.2) is 9.18 Å². The molecule has 1 aromatic heterocycles. The predicted octanol–water partition coefficient (Wildman–Crippen LogP) is 5.50. The molecule has 0 radical (unpaired) electrons.